The fourth-order valence-electron chi connectivity index (χ4n) is 3.18. The van der Waals surface area contributed by atoms with Gasteiger partial charge in [-0.1, -0.05) is 48.5 Å². The summed E-state index contributed by atoms with van der Waals surface area (Å²) in [4.78, 5) is 48.3. The predicted octanol–water partition coefficient (Wildman–Crippen LogP) is 1.74. The molecule has 0 radical (unpaired) electrons. The Bertz CT molecular complexity index is 1400. The Labute approximate surface area is 228 Å². The summed E-state index contributed by atoms with van der Waals surface area (Å²) in [7, 11) is -4.10. The topological polar surface area (TPSA) is 183 Å². The summed E-state index contributed by atoms with van der Waals surface area (Å²) in [6, 6.07) is 17.7. The Morgan fingerprint density at radius 1 is 0.846 bits per heavy atom. The molecule has 0 spiro atoms. The third-order valence-electron chi connectivity index (χ3n) is 5.15. The van der Waals surface area contributed by atoms with Crippen LogP contribution in [0.5, 0.6) is 0 Å². The smallest absolute Gasteiger partial charge is 0.323 e. The number of hydrogen-bond acceptors (Lipinski definition) is 7. The van der Waals surface area contributed by atoms with Gasteiger partial charge in [-0.25, -0.2) is 13.2 Å². The highest BCUT2D eigenvalue weighted by Gasteiger charge is 2.25. The third-order valence-corrected chi connectivity index (χ3v) is 7.64. The molecule has 14 heteroatoms. The zero-order chi connectivity index (χ0) is 28.3. The van der Waals surface area contributed by atoms with Gasteiger partial charge < -0.3 is 21.1 Å². The molecule has 0 aliphatic rings. The van der Waals surface area contributed by atoms with Crippen molar-refractivity contribution in [1.29, 1.82) is 0 Å². The highest BCUT2D eigenvalue weighted by molar-refractivity contribution is 7.89. The van der Waals surface area contributed by atoms with Gasteiger partial charge in [-0.15, -0.1) is 11.3 Å². The highest BCUT2D eigenvalue weighted by Crippen LogP contribution is 2.21. The fraction of sp³-hybridized carbons (Fsp3) is 0.200. The van der Waals surface area contributed by atoms with Crippen LogP contribution in [-0.2, 0) is 26.2 Å². The van der Waals surface area contributed by atoms with Gasteiger partial charge in [0.15, 0.2) is 0 Å². The maximum atomic E-state index is 12.4. The molecule has 1 aromatic heterocycles. The molecule has 1 heterocycles. The van der Waals surface area contributed by atoms with Crippen molar-refractivity contribution in [2.45, 2.75) is 23.9 Å². The molecule has 0 aliphatic heterocycles. The average Bonchev–Trinajstić information content (AvgIpc) is 3.39. The van der Waals surface area contributed by atoms with Gasteiger partial charge in [-0.3, -0.25) is 19.7 Å². The first-order valence-electron chi connectivity index (χ1n) is 11.7. The van der Waals surface area contributed by atoms with Gasteiger partial charge in [0.1, 0.15) is 6.04 Å². The molecule has 2 aromatic carbocycles. The van der Waals surface area contributed by atoms with Crippen LogP contribution < -0.4 is 26.0 Å². The number of carbonyl (C=O) groups excluding carboxylic acids is 3. The van der Waals surface area contributed by atoms with Crippen molar-refractivity contribution < 1.29 is 32.7 Å². The largest absolute Gasteiger partial charge is 0.480 e. The number of carboxylic acids is 1. The molecule has 3 aromatic rings. The monoisotopic (exact) mass is 573 g/mol. The van der Waals surface area contributed by atoms with Crippen LogP contribution in [0.4, 0.5) is 9.80 Å². The van der Waals surface area contributed by atoms with Gasteiger partial charge >= 0.3 is 12.0 Å². The van der Waals surface area contributed by atoms with E-state index < -0.39 is 46.4 Å². The second kappa shape index (κ2) is 14.0. The number of carbonyl (C=O) groups is 4. The lowest BCUT2D eigenvalue weighted by molar-refractivity contribution is -0.138. The molecule has 0 saturated carbocycles. The van der Waals surface area contributed by atoms with Crippen LogP contribution >= 0.6 is 11.3 Å². The molecule has 1 atom stereocenters. The Balaban J connectivity index is 1.39. The van der Waals surface area contributed by atoms with Gasteiger partial charge in [0.25, 0.3) is 5.91 Å². The summed E-state index contributed by atoms with van der Waals surface area (Å²) < 4.78 is 26.8. The minimum atomic E-state index is -4.10. The second-order valence-electron chi connectivity index (χ2n) is 8.09. The average molecular weight is 574 g/mol. The van der Waals surface area contributed by atoms with Crippen molar-refractivity contribution in [3.05, 3.63) is 83.2 Å². The van der Waals surface area contributed by atoms with Gasteiger partial charge in [0.05, 0.1) is 14.8 Å². The number of aliphatic carboxylic acids is 1. The number of hydrogen-bond donors (Lipinski definition) is 6. The Morgan fingerprint density at radius 2 is 1.51 bits per heavy atom. The summed E-state index contributed by atoms with van der Waals surface area (Å²) in [6.07, 6.45) is -0.165. The summed E-state index contributed by atoms with van der Waals surface area (Å²) >= 11 is 1.06. The molecule has 3 rings (SSSR count). The fourth-order valence-corrected chi connectivity index (χ4v) is 5.20. The number of thiophene rings is 1. The number of anilines is 1. The summed E-state index contributed by atoms with van der Waals surface area (Å²) in [5.74, 6) is -2.49. The van der Waals surface area contributed by atoms with E-state index in [1.54, 1.807) is 12.1 Å². The van der Waals surface area contributed by atoms with Crippen LogP contribution in [0, 0.1) is 0 Å². The molecule has 0 unspecified atom stereocenters. The number of urea groups is 1. The number of nitrogens with one attached hydrogen (secondary N) is 5. The van der Waals surface area contributed by atoms with Gasteiger partial charge in [0.2, 0.25) is 15.9 Å². The number of rotatable bonds is 13. The van der Waals surface area contributed by atoms with Gasteiger partial charge in [0, 0.05) is 26.1 Å². The van der Waals surface area contributed by atoms with E-state index >= 15 is 0 Å². The van der Waals surface area contributed by atoms with Crippen LogP contribution in [0.2, 0.25) is 0 Å². The lowest BCUT2D eigenvalue weighted by Crippen LogP contribution is -2.48. The lowest BCUT2D eigenvalue weighted by atomic mass is 10.2. The summed E-state index contributed by atoms with van der Waals surface area (Å²) in [5.41, 5.74) is 0.940. The summed E-state index contributed by atoms with van der Waals surface area (Å²) in [6.45, 7) is -0.184. The molecule has 206 valence electrons. The minimum Gasteiger partial charge on any atom is -0.480 e. The molecular formula is C25H27N5O7S2. The molecular weight excluding hydrogens is 546 g/mol. The van der Waals surface area contributed by atoms with Crippen molar-refractivity contribution in [2.24, 2.45) is 0 Å². The third kappa shape index (κ3) is 9.52. The second-order valence-corrected chi connectivity index (χ2v) is 10.9. The molecule has 0 bridgehead atoms. The van der Waals surface area contributed by atoms with E-state index in [0.717, 1.165) is 16.9 Å². The van der Waals surface area contributed by atoms with E-state index in [1.807, 2.05) is 35.1 Å². The number of amides is 4. The standard InChI is InChI=1S/C25H27N5O7S2/c31-21(27-16-19(24(33)34)30-39(36,37)18-9-5-2-6-10-18)13-14-26-23(32)20-11-12-22(38-20)29-25(35)28-15-17-7-3-1-4-8-17/h1-12,19,30H,13-16H2,(H,26,32)(H,27,31)(H,33,34)(H2,28,29,35)/t19-/m0/s1. The van der Waals surface area contributed by atoms with E-state index in [1.165, 1.54) is 30.3 Å². The first-order valence-corrected chi connectivity index (χ1v) is 14.0. The highest BCUT2D eigenvalue weighted by atomic mass is 32.2. The normalized spacial score (nSPS) is 11.7. The van der Waals surface area contributed by atoms with Gasteiger partial charge in [-0.2, -0.15) is 4.72 Å². The Kier molecular flexibility index (Phi) is 10.5. The van der Waals surface area contributed by atoms with E-state index in [2.05, 4.69) is 21.3 Å². The maximum Gasteiger partial charge on any atom is 0.323 e. The number of carboxylic acid groups (broad SMARTS) is 1. The van der Waals surface area contributed by atoms with Crippen molar-refractivity contribution >= 4 is 50.2 Å². The van der Waals surface area contributed by atoms with Crippen LogP contribution in [0.1, 0.15) is 21.7 Å². The minimum absolute atomic E-state index is 0.0453. The van der Waals surface area contributed by atoms with E-state index in [4.69, 9.17) is 0 Å². The van der Waals surface area contributed by atoms with Crippen LogP contribution in [0.25, 0.3) is 0 Å². The first-order chi connectivity index (χ1) is 18.6. The zero-order valence-electron chi connectivity index (χ0n) is 20.5. The predicted molar refractivity (Wildman–Crippen MR) is 145 cm³/mol. The van der Waals surface area contributed by atoms with E-state index in [0.29, 0.717) is 16.4 Å². The van der Waals surface area contributed by atoms with Crippen molar-refractivity contribution in [1.82, 2.24) is 20.7 Å². The van der Waals surface area contributed by atoms with Crippen molar-refractivity contribution in [3.63, 3.8) is 0 Å². The lowest BCUT2D eigenvalue weighted by Gasteiger charge is -2.15. The first kappa shape index (κ1) is 29.3. The number of sulfonamides is 1. The van der Waals surface area contributed by atoms with Crippen LogP contribution in [0.3, 0.4) is 0 Å². The van der Waals surface area contributed by atoms with E-state index in [-0.39, 0.29) is 17.9 Å². The summed E-state index contributed by atoms with van der Waals surface area (Å²) in [5, 5.41) is 20.1. The molecule has 4 amide bonds. The Hall–Kier alpha value is -4.27. The van der Waals surface area contributed by atoms with E-state index in [9.17, 15) is 32.7 Å². The van der Waals surface area contributed by atoms with Crippen LogP contribution in [-0.4, -0.2) is 56.5 Å². The molecule has 0 aliphatic carbocycles. The number of benzene rings is 2. The molecule has 0 fully saturated rings. The molecule has 39 heavy (non-hydrogen) atoms. The molecule has 12 nitrogen and oxygen atoms in total. The molecule has 0 saturated heterocycles. The van der Waals surface area contributed by atoms with Crippen LogP contribution in [0.15, 0.2) is 77.7 Å². The van der Waals surface area contributed by atoms with Crippen molar-refractivity contribution in [3.8, 4) is 0 Å². The SMILES string of the molecule is O=C(CCNC(=O)c1ccc(NC(=O)NCc2ccccc2)s1)NC[C@H](NS(=O)(=O)c1ccccc1)C(=O)O. The maximum absolute atomic E-state index is 12.4. The van der Waals surface area contributed by atoms with Crippen molar-refractivity contribution in [2.75, 3.05) is 18.4 Å². The molecule has 6 N–H and O–H groups in total. The van der Waals surface area contributed by atoms with Gasteiger partial charge in [-0.05, 0) is 29.8 Å². The Morgan fingerprint density at radius 3 is 2.18 bits per heavy atom. The zero-order valence-corrected chi connectivity index (χ0v) is 22.2. The quantitative estimate of drug-likeness (QED) is 0.180.